The van der Waals surface area contributed by atoms with Gasteiger partial charge in [-0.3, -0.25) is 4.79 Å². The number of aromatic nitrogens is 4. The maximum Gasteiger partial charge on any atom is 0.410 e. The van der Waals surface area contributed by atoms with Gasteiger partial charge in [-0.05, 0) is 62.9 Å². The predicted octanol–water partition coefficient (Wildman–Crippen LogP) is 9.89. The first-order valence-electron chi connectivity index (χ1n) is 19.9. The quantitative estimate of drug-likeness (QED) is 0.0973. The van der Waals surface area contributed by atoms with Crippen LogP contribution in [-0.4, -0.2) is 107 Å². The van der Waals surface area contributed by atoms with Gasteiger partial charge in [0, 0.05) is 64.1 Å². The molecule has 0 spiro atoms. The number of hydrogen-bond donors (Lipinski definition) is 0. The zero-order valence-electron chi connectivity index (χ0n) is 34.1. The molecule has 0 atom stereocenters. The van der Waals surface area contributed by atoms with Gasteiger partial charge in [0.05, 0.1) is 10.0 Å². The molecule has 0 aromatic carbocycles. The Labute approximate surface area is 333 Å². The van der Waals surface area contributed by atoms with Crippen LogP contribution in [0.1, 0.15) is 124 Å². The Morgan fingerprint density at radius 1 is 0.755 bits per heavy atom. The van der Waals surface area contributed by atoms with Crippen LogP contribution in [0.4, 0.5) is 16.7 Å². The fraction of sp³-hybridized carbons (Fsp3) is 0.700. The maximum absolute atomic E-state index is 12.0. The van der Waals surface area contributed by atoms with Crippen molar-refractivity contribution in [3.8, 4) is 0 Å². The maximum atomic E-state index is 12.0. The number of ketones is 1. The molecule has 1 amide bonds. The van der Waals surface area contributed by atoms with E-state index in [1.165, 1.54) is 94.2 Å². The number of piperidine rings is 1. The van der Waals surface area contributed by atoms with Gasteiger partial charge in [-0.25, -0.2) is 24.7 Å². The first kappa shape index (κ1) is 46.7. The second-order valence-electron chi connectivity index (χ2n) is 15.0. The van der Waals surface area contributed by atoms with Crippen molar-refractivity contribution in [1.29, 1.82) is 0 Å². The zero-order valence-corrected chi connectivity index (χ0v) is 38.5. The van der Waals surface area contributed by atoms with Gasteiger partial charge in [-0.1, -0.05) is 0 Å². The molecule has 298 valence electrons. The molecule has 2 aromatic heterocycles. The summed E-state index contributed by atoms with van der Waals surface area (Å²) in [4.78, 5) is 46.1. The van der Waals surface area contributed by atoms with Crippen LogP contribution in [-0.2, 0) is 9.47 Å². The largest absolute Gasteiger partial charge is 0.444 e. The molecule has 0 bridgehead atoms. The van der Waals surface area contributed by atoms with Crippen molar-refractivity contribution in [1.82, 2.24) is 24.8 Å². The molecule has 2 saturated heterocycles. The van der Waals surface area contributed by atoms with Gasteiger partial charge in [0.25, 0.3) is 0 Å². The summed E-state index contributed by atoms with van der Waals surface area (Å²) in [7, 11) is 0. The number of nitrogens with zero attached hydrogens (tertiary/aromatic N) is 7. The van der Waals surface area contributed by atoms with Crippen molar-refractivity contribution in [3.63, 3.8) is 0 Å². The molecular weight excluding hydrogens is 841 g/mol. The first-order chi connectivity index (χ1) is 25.3. The Balaban J connectivity index is 0.000000284. The third-order valence-electron chi connectivity index (χ3n) is 9.44. The van der Waals surface area contributed by atoms with E-state index in [1.54, 1.807) is 17.3 Å². The fourth-order valence-electron chi connectivity index (χ4n) is 6.31. The minimum absolute atomic E-state index is 0.0544. The minimum atomic E-state index is -2.24. The van der Waals surface area contributed by atoms with Crippen LogP contribution in [0.15, 0.2) is 39.6 Å². The number of ether oxygens (including phenoxy) is 2. The third kappa shape index (κ3) is 17.2. The van der Waals surface area contributed by atoms with Crippen LogP contribution in [0.2, 0.25) is 13.3 Å². The van der Waals surface area contributed by atoms with E-state index < -0.39 is 24.0 Å². The third-order valence-corrected chi connectivity index (χ3v) is 24.9. The molecule has 0 radical (unpaired) electrons. The number of Topliss-reactive ketones (excluding diaryl/α,β-unsaturated/α-hetero) is 1. The number of anilines is 2. The Morgan fingerprint density at radius 2 is 1.21 bits per heavy atom. The zero-order chi connectivity index (χ0) is 39.3. The van der Waals surface area contributed by atoms with E-state index in [9.17, 15) is 9.59 Å². The molecule has 0 N–H and O–H groups in total. The monoisotopic (exact) mass is 909 g/mol. The molecule has 0 saturated carbocycles. The predicted molar refractivity (Wildman–Crippen MR) is 224 cm³/mol. The molecule has 13 heteroatoms. The van der Waals surface area contributed by atoms with E-state index in [1.807, 2.05) is 25.7 Å². The molecule has 2 fully saturated rings. The van der Waals surface area contributed by atoms with Crippen LogP contribution in [0.3, 0.4) is 0 Å². The van der Waals surface area contributed by atoms with Crippen molar-refractivity contribution in [3.05, 3.63) is 45.2 Å². The number of amides is 1. The summed E-state index contributed by atoms with van der Waals surface area (Å²) in [6.45, 7) is 25.8. The van der Waals surface area contributed by atoms with Crippen molar-refractivity contribution in [2.75, 3.05) is 55.7 Å². The van der Waals surface area contributed by atoms with Gasteiger partial charge in [0.1, 0.15) is 5.60 Å². The summed E-state index contributed by atoms with van der Waals surface area (Å²) >= 11 is 1.08. The summed E-state index contributed by atoms with van der Waals surface area (Å²) in [5.41, 5.74) is 0.0102. The Hall–Kier alpha value is -2.48. The van der Waals surface area contributed by atoms with Crippen molar-refractivity contribution in [2.45, 2.75) is 132 Å². The van der Waals surface area contributed by atoms with Crippen LogP contribution in [0.5, 0.6) is 0 Å². The second kappa shape index (κ2) is 24.8. The Morgan fingerprint density at radius 3 is 1.62 bits per heavy atom. The smallest absolute Gasteiger partial charge is 0.410 e. The molecular formula is C40H68BrN7O4Sn. The normalized spacial score (nSPS) is 14.7. The number of hydrogen-bond acceptors (Lipinski definition) is 10. The molecule has 11 nitrogen and oxygen atoms in total. The summed E-state index contributed by atoms with van der Waals surface area (Å²) in [6.07, 6.45) is 18.3. The van der Waals surface area contributed by atoms with E-state index in [4.69, 9.17) is 9.47 Å². The van der Waals surface area contributed by atoms with E-state index in [0.29, 0.717) is 37.7 Å². The average Bonchev–Trinajstić information content (AvgIpc) is 3.15. The van der Waals surface area contributed by atoms with Crippen LogP contribution >= 0.6 is 15.9 Å². The molecule has 2 aliphatic heterocycles. The van der Waals surface area contributed by atoms with Gasteiger partial charge in [0.15, 0.2) is 5.78 Å². The van der Waals surface area contributed by atoms with E-state index >= 15 is 0 Å². The second-order valence-corrected chi connectivity index (χ2v) is 29.1. The number of carbonyl (C=O) groups excluding carboxylic acids is 2. The molecule has 0 aliphatic carbocycles. The van der Waals surface area contributed by atoms with Gasteiger partial charge >= 0.3 is 126 Å². The Kier molecular flexibility index (Phi) is 21.9. The number of carbonyl (C=O) groups is 2. The Bertz CT molecular complexity index is 1320. The summed E-state index contributed by atoms with van der Waals surface area (Å²) in [6, 6.07) is 0. The summed E-state index contributed by atoms with van der Waals surface area (Å²) in [5.74, 6) is 1.39. The van der Waals surface area contributed by atoms with E-state index in [2.05, 4.69) is 75.0 Å². The fourth-order valence-corrected chi connectivity index (χ4v) is 21.2. The average molecular weight is 910 g/mol. The van der Waals surface area contributed by atoms with Crippen molar-refractivity contribution >= 4 is 58.1 Å². The summed E-state index contributed by atoms with van der Waals surface area (Å²) < 4.78 is 17.8. The molecule has 0 unspecified atom stereocenters. The van der Waals surface area contributed by atoms with Crippen LogP contribution < -0.4 is 9.80 Å². The number of rotatable bonds is 15. The molecule has 53 heavy (non-hydrogen) atoms. The van der Waals surface area contributed by atoms with Gasteiger partial charge in [0.2, 0.25) is 11.9 Å². The van der Waals surface area contributed by atoms with Crippen molar-refractivity contribution < 1.29 is 19.1 Å². The summed E-state index contributed by atoms with van der Waals surface area (Å²) in [5, 5.41) is 0. The van der Waals surface area contributed by atoms with E-state index in [0.717, 1.165) is 30.1 Å². The molecule has 2 aliphatic rings. The molecule has 2 aromatic rings. The number of piperazine rings is 1. The van der Waals surface area contributed by atoms with Gasteiger partial charge in [-0.15, -0.1) is 0 Å². The SMILES string of the molecule is Brc1cnc(N2CCCCC2)nc1.C=[C](OCC)[Sn]([CH2]CCC)([CH2]CCC)[CH2]CCC.CC(=O)c1cnc(N2CCN(C(=O)OC(C)(C)C)CC2)nc1. The topological polar surface area (TPSA) is 114 Å². The molecule has 4 rings (SSSR count). The minimum Gasteiger partial charge on any atom is -0.444 e. The van der Waals surface area contributed by atoms with Crippen molar-refractivity contribution in [2.24, 2.45) is 0 Å². The molecule has 4 heterocycles. The van der Waals surface area contributed by atoms with Gasteiger partial charge in [-0.2, -0.15) is 0 Å². The van der Waals surface area contributed by atoms with Crippen LogP contribution in [0.25, 0.3) is 0 Å². The first-order valence-corrected chi connectivity index (χ1v) is 28.2. The standard InChI is InChI=1S/C15H22N4O3.C9H12BrN3.C4H7O.3C4H9.Sn/c1-11(20)12-9-16-13(17-10-12)18-5-7-19(8-6-18)14(21)22-15(2,3)4;10-8-6-11-9(12-7-8)13-4-2-1-3-5-13;1-3-5-4-2;3*1-3-4-2;/h9-10H,5-8H2,1-4H3;6-7H,1-5H2;1,4H2,2H3;3*1,3-4H2,2H3;. The van der Waals surface area contributed by atoms with Gasteiger partial charge < -0.3 is 19.4 Å². The van der Waals surface area contributed by atoms with Crippen LogP contribution in [0, 0.1) is 0 Å². The van der Waals surface area contributed by atoms with E-state index in [-0.39, 0.29) is 11.9 Å². The number of unbranched alkanes of at least 4 members (excludes halogenated alkanes) is 3. The number of halogens is 1.